The second kappa shape index (κ2) is 4.29. The lowest BCUT2D eigenvalue weighted by Crippen LogP contribution is -2.03. The molecule has 0 bridgehead atoms. The maximum absolute atomic E-state index is 11.8. The van der Waals surface area contributed by atoms with E-state index in [1.165, 1.54) is 6.07 Å². The van der Waals surface area contributed by atoms with Crippen LogP contribution in [0.5, 0.6) is 0 Å². The SMILES string of the molecule is Cc1cccc(C(=O)/C=C/C(F)(F)F)c1. The van der Waals surface area contributed by atoms with Crippen molar-refractivity contribution >= 4 is 5.78 Å². The van der Waals surface area contributed by atoms with Crippen molar-refractivity contribution in [3.63, 3.8) is 0 Å². The molecule has 0 aromatic heterocycles. The van der Waals surface area contributed by atoms with E-state index in [9.17, 15) is 18.0 Å². The van der Waals surface area contributed by atoms with Crippen LogP contribution in [0.3, 0.4) is 0 Å². The smallest absolute Gasteiger partial charge is 0.289 e. The van der Waals surface area contributed by atoms with Crippen molar-refractivity contribution in [2.24, 2.45) is 0 Å². The van der Waals surface area contributed by atoms with Crippen molar-refractivity contribution in [2.75, 3.05) is 0 Å². The summed E-state index contributed by atoms with van der Waals surface area (Å²) < 4.78 is 35.3. The first kappa shape index (κ1) is 11.5. The number of carbonyl (C=O) groups is 1. The molecule has 1 nitrogen and oxygen atoms in total. The molecule has 1 aromatic carbocycles. The maximum atomic E-state index is 11.8. The van der Waals surface area contributed by atoms with Gasteiger partial charge in [-0.25, -0.2) is 0 Å². The summed E-state index contributed by atoms with van der Waals surface area (Å²) in [6, 6.07) is 6.42. The van der Waals surface area contributed by atoms with E-state index in [1.54, 1.807) is 25.1 Å². The van der Waals surface area contributed by atoms with Gasteiger partial charge in [0.15, 0.2) is 5.78 Å². The normalized spacial score (nSPS) is 12.0. The molecule has 0 saturated heterocycles. The highest BCUT2D eigenvalue weighted by Crippen LogP contribution is 2.16. The minimum Gasteiger partial charge on any atom is -0.289 e. The summed E-state index contributed by atoms with van der Waals surface area (Å²) in [6.07, 6.45) is -3.97. The van der Waals surface area contributed by atoms with Gasteiger partial charge in [-0.05, 0) is 19.1 Å². The minimum absolute atomic E-state index is 0.0579. The van der Waals surface area contributed by atoms with E-state index >= 15 is 0 Å². The Morgan fingerprint density at radius 1 is 1.33 bits per heavy atom. The number of hydrogen-bond acceptors (Lipinski definition) is 1. The lowest BCUT2D eigenvalue weighted by atomic mass is 10.1. The lowest BCUT2D eigenvalue weighted by Gasteiger charge is -1.99. The highest BCUT2D eigenvalue weighted by molar-refractivity contribution is 6.04. The minimum atomic E-state index is -4.44. The van der Waals surface area contributed by atoms with Crippen LogP contribution in [0.2, 0.25) is 0 Å². The van der Waals surface area contributed by atoms with Crippen molar-refractivity contribution < 1.29 is 18.0 Å². The molecule has 0 unspecified atom stereocenters. The Morgan fingerprint density at radius 2 is 2.00 bits per heavy atom. The van der Waals surface area contributed by atoms with E-state index in [-0.39, 0.29) is 11.6 Å². The molecule has 0 saturated carbocycles. The number of rotatable bonds is 2. The predicted octanol–water partition coefficient (Wildman–Crippen LogP) is 3.30. The fraction of sp³-hybridized carbons (Fsp3) is 0.182. The molecular weight excluding hydrogens is 205 g/mol. The molecule has 0 radical (unpaired) electrons. The average molecular weight is 214 g/mol. The Morgan fingerprint density at radius 3 is 2.53 bits per heavy atom. The van der Waals surface area contributed by atoms with Crippen LogP contribution in [0.15, 0.2) is 36.4 Å². The molecule has 15 heavy (non-hydrogen) atoms. The first-order valence-electron chi connectivity index (χ1n) is 4.25. The number of aryl methyl sites for hydroxylation is 1. The molecule has 0 aliphatic carbocycles. The van der Waals surface area contributed by atoms with Crippen molar-refractivity contribution in [2.45, 2.75) is 13.1 Å². The van der Waals surface area contributed by atoms with Gasteiger partial charge < -0.3 is 0 Å². The number of ketones is 1. The van der Waals surface area contributed by atoms with E-state index in [2.05, 4.69) is 0 Å². The molecule has 0 spiro atoms. The Hall–Kier alpha value is -1.58. The zero-order valence-electron chi connectivity index (χ0n) is 8.01. The largest absolute Gasteiger partial charge is 0.409 e. The van der Waals surface area contributed by atoms with Gasteiger partial charge in [-0.15, -0.1) is 0 Å². The topological polar surface area (TPSA) is 17.1 Å². The van der Waals surface area contributed by atoms with Crippen molar-refractivity contribution in [1.82, 2.24) is 0 Å². The number of alkyl halides is 3. The summed E-state index contributed by atoms with van der Waals surface area (Å²) in [5.74, 6) is -0.643. The van der Waals surface area contributed by atoms with Gasteiger partial charge in [-0.1, -0.05) is 23.8 Å². The van der Waals surface area contributed by atoms with Crippen LogP contribution in [-0.2, 0) is 0 Å². The molecule has 0 fully saturated rings. The van der Waals surface area contributed by atoms with Crippen LogP contribution < -0.4 is 0 Å². The van der Waals surface area contributed by atoms with Crippen LogP contribution in [-0.4, -0.2) is 12.0 Å². The zero-order valence-corrected chi connectivity index (χ0v) is 8.01. The molecule has 1 rings (SSSR count). The summed E-state index contributed by atoms with van der Waals surface area (Å²) in [7, 11) is 0. The second-order valence-electron chi connectivity index (χ2n) is 3.11. The number of allylic oxidation sites excluding steroid dienone is 2. The lowest BCUT2D eigenvalue weighted by molar-refractivity contribution is -0.0799. The highest BCUT2D eigenvalue weighted by atomic mass is 19.4. The summed E-state index contributed by atoms with van der Waals surface area (Å²) in [5.41, 5.74) is 1.09. The van der Waals surface area contributed by atoms with Gasteiger partial charge in [0.1, 0.15) is 0 Å². The molecule has 1 aromatic rings. The molecule has 80 valence electrons. The molecule has 4 heteroatoms. The molecule has 0 N–H and O–H groups in total. The Bertz CT molecular complexity index is 391. The third-order valence-corrected chi connectivity index (χ3v) is 1.73. The average Bonchev–Trinajstić information content (AvgIpc) is 2.13. The van der Waals surface area contributed by atoms with Crippen LogP contribution in [0.4, 0.5) is 13.2 Å². The standard InChI is InChI=1S/C11H9F3O/c1-8-3-2-4-9(7-8)10(15)5-6-11(12,13)14/h2-7H,1H3/b6-5+. The van der Waals surface area contributed by atoms with Crippen LogP contribution in [0.1, 0.15) is 15.9 Å². The number of carbonyl (C=O) groups excluding carboxylic acids is 1. The quantitative estimate of drug-likeness (QED) is 0.545. The van der Waals surface area contributed by atoms with Crippen molar-refractivity contribution in [1.29, 1.82) is 0 Å². The van der Waals surface area contributed by atoms with E-state index in [1.807, 2.05) is 0 Å². The Labute approximate surface area is 85.2 Å². The van der Waals surface area contributed by atoms with E-state index < -0.39 is 12.0 Å². The van der Waals surface area contributed by atoms with Crippen molar-refractivity contribution in [3.8, 4) is 0 Å². The van der Waals surface area contributed by atoms with Gasteiger partial charge in [0.05, 0.1) is 0 Å². The summed E-state index contributed by atoms with van der Waals surface area (Å²) in [5, 5.41) is 0. The highest BCUT2D eigenvalue weighted by Gasteiger charge is 2.22. The maximum Gasteiger partial charge on any atom is 0.409 e. The molecular formula is C11H9F3O. The molecule has 0 aliphatic heterocycles. The first-order chi connectivity index (χ1) is 6.88. The zero-order chi connectivity index (χ0) is 11.5. The van der Waals surface area contributed by atoms with Crippen LogP contribution in [0, 0.1) is 6.92 Å². The van der Waals surface area contributed by atoms with Gasteiger partial charge in [0, 0.05) is 11.6 Å². The monoisotopic (exact) mass is 214 g/mol. The van der Waals surface area contributed by atoms with Crippen LogP contribution >= 0.6 is 0 Å². The van der Waals surface area contributed by atoms with Crippen molar-refractivity contribution in [3.05, 3.63) is 47.5 Å². The van der Waals surface area contributed by atoms with E-state index in [0.29, 0.717) is 6.08 Å². The molecule has 0 atom stereocenters. The predicted molar refractivity (Wildman–Crippen MR) is 50.7 cm³/mol. The third-order valence-electron chi connectivity index (χ3n) is 1.73. The third kappa shape index (κ3) is 3.97. The van der Waals surface area contributed by atoms with Gasteiger partial charge >= 0.3 is 6.18 Å². The Kier molecular flexibility index (Phi) is 3.29. The number of halogens is 3. The molecule has 0 aliphatic rings. The fourth-order valence-corrected chi connectivity index (χ4v) is 1.06. The van der Waals surface area contributed by atoms with Gasteiger partial charge in [0.2, 0.25) is 0 Å². The van der Waals surface area contributed by atoms with Gasteiger partial charge in [-0.3, -0.25) is 4.79 Å². The Balaban J connectivity index is 2.83. The first-order valence-corrected chi connectivity index (χ1v) is 4.25. The number of hydrogen-bond donors (Lipinski definition) is 0. The van der Waals surface area contributed by atoms with Crippen LogP contribution in [0.25, 0.3) is 0 Å². The molecule has 0 heterocycles. The molecule has 0 amide bonds. The van der Waals surface area contributed by atoms with Gasteiger partial charge in [-0.2, -0.15) is 13.2 Å². The number of benzene rings is 1. The summed E-state index contributed by atoms with van der Waals surface area (Å²) in [4.78, 5) is 11.3. The summed E-state index contributed by atoms with van der Waals surface area (Å²) in [6.45, 7) is 1.77. The summed E-state index contributed by atoms with van der Waals surface area (Å²) >= 11 is 0. The van der Waals surface area contributed by atoms with E-state index in [4.69, 9.17) is 0 Å². The second-order valence-corrected chi connectivity index (χ2v) is 3.11. The fourth-order valence-electron chi connectivity index (χ4n) is 1.06. The van der Waals surface area contributed by atoms with Gasteiger partial charge in [0.25, 0.3) is 0 Å². The van der Waals surface area contributed by atoms with E-state index in [0.717, 1.165) is 5.56 Å².